The van der Waals surface area contributed by atoms with Crippen LogP contribution in [0.1, 0.15) is 24.0 Å². The van der Waals surface area contributed by atoms with E-state index < -0.39 is 4.87 Å². The van der Waals surface area contributed by atoms with Gasteiger partial charge in [0.1, 0.15) is 5.75 Å². The number of rotatable bonds is 5. The van der Waals surface area contributed by atoms with Crippen LogP contribution in [0.5, 0.6) is 5.75 Å². The Kier molecular flexibility index (Phi) is 4.91. The van der Waals surface area contributed by atoms with Crippen molar-refractivity contribution in [1.82, 2.24) is 0 Å². The molecule has 0 aromatic heterocycles. The van der Waals surface area contributed by atoms with Gasteiger partial charge in [-0.1, -0.05) is 36.4 Å². The van der Waals surface area contributed by atoms with Crippen LogP contribution in [-0.2, 0) is 0 Å². The summed E-state index contributed by atoms with van der Waals surface area (Å²) in [5, 5.41) is 14.1. The molecule has 4 N–H and O–H groups in total. The molecule has 3 rings (SSSR count). The summed E-state index contributed by atoms with van der Waals surface area (Å²) >= 11 is 18.9. The van der Waals surface area contributed by atoms with Gasteiger partial charge in [0.05, 0.1) is 4.87 Å². The van der Waals surface area contributed by atoms with Crippen molar-refractivity contribution in [2.24, 2.45) is 11.7 Å². The van der Waals surface area contributed by atoms with Crippen molar-refractivity contribution in [2.75, 3.05) is 5.32 Å². The molecule has 0 spiro atoms. The Morgan fingerprint density at radius 2 is 1.88 bits per heavy atom. The number of alkyl halides is 1. The summed E-state index contributed by atoms with van der Waals surface area (Å²) in [4.78, 5) is -0.520. The predicted octanol–water partition coefficient (Wildman–Crippen LogP) is 5.97. The van der Waals surface area contributed by atoms with Gasteiger partial charge in [0.2, 0.25) is 0 Å². The molecule has 1 aliphatic carbocycles. The first-order valence-electron chi connectivity index (χ1n) is 7.99. The third-order valence-electron chi connectivity index (χ3n) is 4.70. The molecule has 26 heavy (non-hydrogen) atoms. The minimum atomic E-state index is -0.520. The van der Waals surface area contributed by atoms with Gasteiger partial charge in [0, 0.05) is 44.5 Å². The van der Waals surface area contributed by atoms with Gasteiger partial charge in [-0.3, -0.25) is 0 Å². The maximum absolute atomic E-state index is 9.81. The topological polar surface area (TPSA) is 58.3 Å². The van der Waals surface area contributed by atoms with Crippen LogP contribution >= 0.6 is 34.8 Å². The number of hydrogen-bond donors (Lipinski definition) is 3. The lowest BCUT2D eigenvalue weighted by Crippen LogP contribution is -2.06. The molecule has 3 nitrogen and oxygen atoms in total. The van der Waals surface area contributed by atoms with Crippen molar-refractivity contribution in [3.8, 4) is 5.75 Å². The lowest BCUT2D eigenvalue weighted by molar-refractivity contribution is 0.474. The highest BCUT2D eigenvalue weighted by Crippen LogP contribution is 2.65. The Hall–Kier alpha value is -1.81. The lowest BCUT2D eigenvalue weighted by Gasteiger charge is -2.13. The molecule has 1 saturated carbocycles. The number of phenols is 1. The van der Waals surface area contributed by atoms with Gasteiger partial charge in [-0.05, 0) is 48.9 Å². The number of benzene rings is 2. The van der Waals surface area contributed by atoms with Crippen LogP contribution in [0.4, 0.5) is 5.69 Å². The third-order valence-corrected chi connectivity index (χ3v) is 5.72. The van der Waals surface area contributed by atoms with Crippen molar-refractivity contribution in [2.45, 2.75) is 17.7 Å². The maximum Gasteiger partial charge on any atom is 0.117 e. The molecule has 0 amide bonds. The van der Waals surface area contributed by atoms with E-state index in [1.54, 1.807) is 12.1 Å². The number of nitrogens with one attached hydrogen (secondary N) is 1. The molecule has 2 aromatic carbocycles. The van der Waals surface area contributed by atoms with Crippen LogP contribution in [0.3, 0.4) is 0 Å². The highest BCUT2D eigenvalue weighted by molar-refractivity contribution is 6.32. The average Bonchev–Trinajstić information content (AvgIpc) is 3.10. The summed E-state index contributed by atoms with van der Waals surface area (Å²) in [6, 6.07) is 10.4. The van der Waals surface area contributed by atoms with E-state index in [4.69, 9.17) is 40.5 Å². The fourth-order valence-corrected chi connectivity index (χ4v) is 4.35. The summed E-state index contributed by atoms with van der Waals surface area (Å²) < 4.78 is 0. The number of anilines is 1. The molecule has 0 radical (unpaired) electrons. The van der Waals surface area contributed by atoms with Crippen LogP contribution in [0.25, 0.3) is 5.70 Å². The second-order valence-corrected chi connectivity index (χ2v) is 8.38. The highest BCUT2D eigenvalue weighted by atomic mass is 35.5. The Bertz CT molecular complexity index is 888. The van der Waals surface area contributed by atoms with E-state index in [9.17, 15) is 5.11 Å². The zero-order chi connectivity index (χ0) is 19.2. The fourth-order valence-electron chi connectivity index (χ4n) is 3.43. The van der Waals surface area contributed by atoms with Gasteiger partial charge in [0.15, 0.2) is 0 Å². The number of allylic oxidation sites excluding steroid dienone is 1. The van der Waals surface area contributed by atoms with E-state index in [0.29, 0.717) is 21.3 Å². The molecule has 136 valence electrons. The van der Waals surface area contributed by atoms with E-state index in [2.05, 4.69) is 18.5 Å². The standard InChI is InChI=1S/C20H19Cl3N2O/c1-10(24)16-9-14(4-5-17(16)22)25-11(2)18-19(20(18,3)23)12-6-13(21)8-15(26)7-12/h4-9,18-19,25-26H,1-2,24H2,3H3. The number of nitrogens with two attached hydrogens (primary N) is 1. The van der Waals surface area contributed by atoms with Gasteiger partial charge in [-0.25, -0.2) is 0 Å². The maximum atomic E-state index is 9.81. The Morgan fingerprint density at radius 3 is 2.50 bits per heavy atom. The highest BCUT2D eigenvalue weighted by Gasteiger charge is 2.62. The summed E-state index contributed by atoms with van der Waals surface area (Å²) in [6.07, 6.45) is 0. The van der Waals surface area contributed by atoms with E-state index in [-0.39, 0.29) is 17.6 Å². The Balaban J connectivity index is 1.82. The molecule has 3 unspecified atom stereocenters. The first-order valence-corrected chi connectivity index (χ1v) is 9.13. The van der Waals surface area contributed by atoms with Crippen LogP contribution < -0.4 is 11.1 Å². The minimum Gasteiger partial charge on any atom is -0.508 e. The molecular formula is C20H19Cl3N2O. The van der Waals surface area contributed by atoms with Crippen LogP contribution in [0, 0.1) is 5.92 Å². The summed E-state index contributed by atoms with van der Waals surface area (Å²) in [5.41, 5.74) is 9.28. The second-order valence-electron chi connectivity index (χ2n) is 6.72. The zero-order valence-electron chi connectivity index (χ0n) is 14.2. The molecule has 0 heterocycles. The monoisotopic (exact) mass is 408 g/mol. The largest absolute Gasteiger partial charge is 0.508 e. The second kappa shape index (κ2) is 6.73. The van der Waals surface area contributed by atoms with E-state index >= 15 is 0 Å². The van der Waals surface area contributed by atoms with Crippen LogP contribution in [0.2, 0.25) is 10.0 Å². The van der Waals surface area contributed by atoms with E-state index in [0.717, 1.165) is 16.9 Å². The van der Waals surface area contributed by atoms with Crippen molar-refractivity contribution >= 4 is 46.2 Å². The van der Waals surface area contributed by atoms with Crippen molar-refractivity contribution in [3.63, 3.8) is 0 Å². The van der Waals surface area contributed by atoms with Gasteiger partial charge >= 0.3 is 0 Å². The average molecular weight is 410 g/mol. The quantitative estimate of drug-likeness (QED) is 0.534. The summed E-state index contributed by atoms with van der Waals surface area (Å²) in [7, 11) is 0. The van der Waals surface area contributed by atoms with Crippen molar-refractivity contribution in [3.05, 3.63) is 76.4 Å². The third kappa shape index (κ3) is 3.52. The smallest absolute Gasteiger partial charge is 0.117 e. The lowest BCUT2D eigenvalue weighted by atomic mass is 10.1. The molecule has 2 aromatic rings. The molecule has 6 heteroatoms. The summed E-state index contributed by atoms with van der Waals surface area (Å²) in [6.45, 7) is 9.83. The predicted molar refractivity (Wildman–Crippen MR) is 111 cm³/mol. The van der Waals surface area contributed by atoms with Gasteiger partial charge in [0.25, 0.3) is 0 Å². The fraction of sp³-hybridized carbons (Fsp3) is 0.200. The number of halogens is 3. The SMILES string of the molecule is C=C(N)c1cc(NC(=C)C2C(c3cc(O)cc(Cl)c3)C2(C)Cl)ccc1Cl. The normalized spacial score (nSPS) is 24.2. The Labute approximate surface area is 168 Å². The van der Waals surface area contributed by atoms with Crippen LogP contribution in [-0.4, -0.2) is 9.98 Å². The molecular weight excluding hydrogens is 391 g/mol. The van der Waals surface area contributed by atoms with Gasteiger partial charge in [-0.2, -0.15) is 0 Å². The molecule has 1 fully saturated rings. The van der Waals surface area contributed by atoms with E-state index in [1.165, 1.54) is 6.07 Å². The first kappa shape index (κ1) is 19.0. The zero-order valence-corrected chi connectivity index (χ0v) is 16.5. The number of aromatic hydroxyl groups is 1. The minimum absolute atomic E-state index is 0.00925. The van der Waals surface area contributed by atoms with Crippen molar-refractivity contribution < 1.29 is 5.11 Å². The number of hydrogen-bond acceptors (Lipinski definition) is 3. The molecule has 1 aliphatic rings. The van der Waals surface area contributed by atoms with Gasteiger partial charge in [-0.15, -0.1) is 11.6 Å². The Morgan fingerprint density at radius 1 is 1.19 bits per heavy atom. The van der Waals surface area contributed by atoms with Gasteiger partial charge < -0.3 is 16.2 Å². The molecule has 0 aliphatic heterocycles. The van der Waals surface area contributed by atoms with Crippen molar-refractivity contribution in [1.29, 1.82) is 0 Å². The molecule has 0 bridgehead atoms. The van der Waals surface area contributed by atoms with Crippen LogP contribution in [0.15, 0.2) is 55.3 Å². The number of phenolic OH excluding ortho intramolecular Hbond substituents is 1. The first-order chi connectivity index (χ1) is 12.1. The molecule has 3 atom stereocenters. The van der Waals surface area contributed by atoms with E-state index in [1.807, 2.05) is 25.1 Å². The molecule has 0 saturated heterocycles. The summed E-state index contributed by atoms with van der Waals surface area (Å²) in [5.74, 6) is 0.0836.